The number of amides is 2. The molecule has 0 aliphatic carbocycles. The lowest BCUT2D eigenvalue weighted by Crippen LogP contribution is -2.47. The van der Waals surface area contributed by atoms with Gasteiger partial charge in [-0.05, 0) is 53.6 Å². The summed E-state index contributed by atoms with van der Waals surface area (Å²) in [5.74, 6) is -0.955. The number of carbonyl (C=O) groups excluding carboxylic acids is 2. The fourth-order valence-electron chi connectivity index (χ4n) is 2.94. The van der Waals surface area contributed by atoms with Crippen LogP contribution in [0.5, 0.6) is 0 Å². The van der Waals surface area contributed by atoms with E-state index in [2.05, 4.69) is 26.2 Å². The van der Waals surface area contributed by atoms with E-state index in [0.29, 0.717) is 23.5 Å². The van der Waals surface area contributed by atoms with E-state index in [1.165, 1.54) is 22.9 Å². The van der Waals surface area contributed by atoms with Crippen molar-refractivity contribution in [2.45, 2.75) is 33.2 Å². The molecule has 0 spiro atoms. The summed E-state index contributed by atoms with van der Waals surface area (Å²) >= 11 is 0. The molecule has 0 bridgehead atoms. The molecule has 0 radical (unpaired) electrons. The Morgan fingerprint density at radius 3 is 2.53 bits per heavy atom. The Kier molecular flexibility index (Phi) is 6.51. The van der Waals surface area contributed by atoms with Crippen molar-refractivity contribution >= 4 is 17.5 Å². The fraction of sp³-hybridized carbons (Fsp3) is 0.286. The van der Waals surface area contributed by atoms with Gasteiger partial charge >= 0.3 is 0 Å². The van der Waals surface area contributed by atoms with Crippen molar-refractivity contribution in [2.24, 2.45) is 5.92 Å². The van der Waals surface area contributed by atoms with Crippen molar-refractivity contribution in [3.05, 3.63) is 65.7 Å². The van der Waals surface area contributed by atoms with E-state index >= 15 is 0 Å². The third-order valence-electron chi connectivity index (χ3n) is 4.89. The Balaban J connectivity index is 1.81. The molecule has 0 aliphatic heterocycles. The Morgan fingerprint density at radius 2 is 1.90 bits per heavy atom. The summed E-state index contributed by atoms with van der Waals surface area (Å²) in [6.07, 6.45) is 0.686. The first-order valence-electron chi connectivity index (χ1n) is 9.62. The quantitative estimate of drug-likeness (QED) is 0.624. The molecule has 3 aromatic rings. The summed E-state index contributed by atoms with van der Waals surface area (Å²) in [6, 6.07) is 12.1. The molecule has 2 aromatic carbocycles. The molecule has 8 nitrogen and oxygen atoms in total. The van der Waals surface area contributed by atoms with Crippen molar-refractivity contribution in [3.63, 3.8) is 0 Å². The van der Waals surface area contributed by atoms with Crippen LogP contribution in [0.4, 0.5) is 10.1 Å². The molecule has 1 heterocycles. The fourth-order valence-corrected chi connectivity index (χ4v) is 2.94. The number of anilines is 1. The second-order valence-corrected chi connectivity index (χ2v) is 7.00. The van der Waals surface area contributed by atoms with Crippen LogP contribution in [0, 0.1) is 18.7 Å². The molecule has 1 aromatic heterocycles. The molecular formula is C21H23FN6O2. The van der Waals surface area contributed by atoms with E-state index in [1.807, 2.05) is 19.9 Å². The third-order valence-corrected chi connectivity index (χ3v) is 4.89. The van der Waals surface area contributed by atoms with E-state index in [9.17, 15) is 14.0 Å². The average molecular weight is 410 g/mol. The standard InChI is InChI=1S/C21H23FN6O2/c1-4-13(2)19(24-20(29)15-8-6-5-7-9-15)21(30)23-16-10-11-17(22)18(12-16)28-14(3)25-26-27-28/h5-13,19H,4H2,1-3H3,(H,23,30)(H,24,29). The molecule has 2 atom stereocenters. The first kappa shape index (κ1) is 21.1. The summed E-state index contributed by atoms with van der Waals surface area (Å²) in [5.41, 5.74) is 0.953. The van der Waals surface area contributed by atoms with Gasteiger partial charge < -0.3 is 10.6 Å². The molecule has 2 N–H and O–H groups in total. The van der Waals surface area contributed by atoms with Crippen LogP contribution in [0.15, 0.2) is 48.5 Å². The van der Waals surface area contributed by atoms with Gasteiger partial charge in [-0.2, -0.15) is 4.68 Å². The number of rotatable bonds is 7. The van der Waals surface area contributed by atoms with Gasteiger partial charge in [0.2, 0.25) is 5.91 Å². The van der Waals surface area contributed by atoms with Gasteiger partial charge in [-0.3, -0.25) is 9.59 Å². The van der Waals surface area contributed by atoms with Crippen LogP contribution >= 0.6 is 0 Å². The molecule has 0 saturated carbocycles. The molecular weight excluding hydrogens is 387 g/mol. The molecule has 0 saturated heterocycles. The van der Waals surface area contributed by atoms with Crippen LogP contribution in [0.25, 0.3) is 5.69 Å². The van der Waals surface area contributed by atoms with Gasteiger partial charge in [0.25, 0.3) is 5.91 Å². The van der Waals surface area contributed by atoms with Gasteiger partial charge in [0.15, 0.2) is 5.82 Å². The molecule has 9 heteroatoms. The topological polar surface area (TPSA) is 102 Å². The van der Waals surface area contributed by atoms with E-state index in [1.54, 1.807) is 31.2 Å². The van der Waals surface area contributed by atoms with Crippen LogP contribution in [-0.4, -0.2) is 38.1 Å². The number of nitrogens with one attached hydrogen (secondary N) is 2. The van der Waals surface area contributed by atoms with Crippen molar-refractivity contribution in [2.75, 3.05) is 5.32 Å². The largest absolute Gasteiger partial charge is 0.340 e. The highest BCUT2D eigenvalue weighted by atomic mass is 19.1. The summed E-state index contributed by atoms with van der Waals surface area (Å²) in [5, 5.41) is 16.6. The highest BCUT2D eigenvalue weighted by Crippen LogP contribution is 2.20. The minimum absolute atomic E-state index is 0.112. The number of hydrogen-bond acceptors (Lipinski definition) is 5. The number of carbonyl (C=O) groups is 2. The molecule has 2 amide bonds. The minimum atomic E-state index is -0.758. The van der Waals surface area contributed by atoms with Crippen molar-refractivity contribution in [3.8, 4) is 5.69 Å². The number of halogens is 1. The van der Waals surface area contributed by atoms with Gasteiger partial charge in [0.05, 0.1) is 0 Å². The molecule has 0 aliphatic rings. The van der Waals surface area contributed by atoms with E-state index in [4.69, 9.17) is 0 Å². The second-order valence-electron chi connectivity index (χ2n) is 7.00. The molecule has 30 heavy (non-hydrogen) atoms. The SMILES string of the molecule is CCC(C)C(NC(=O)c1ccccc1)C(=O)Nc1ccc(F)c(-n2nnnc2C)c1. The average Bonchev–Trinajstić information content (AvgIpc) is 3.18. The van der Waals surface area contributed by atoms with Crippen LogP contribution in [0.2, 0.25) is 0 Å². The molecule has 3 rings (SSSR count). The lowest BCUT2D eigenvalue weighted by Gasteiger charge is -2.23. The zero-order chi connectivity index (χ0) is 21.7. The predicted molar refractivity (Wildman–Crippen MR) is 110 cm³/mol. The smallest absolute Gasteiger partial charge is 0.251 e. The first-order chi connectivity index (χ1) is 14.4. The lowest BCUT2D eigenvalue weighted by molar-refractivity contribution is -0.119. The summed E-state index contributed by atoms with van der Waals surface area (Å²) in [6.45, 7) is 5.47. The Labute approximate surface area is 173 Å². The highest BCUT2D eigenvalue weighted by Gasteiger charge is 2.26. The monoisotopic (exact) mass is 410 g/mol. The zero-order valence-corrected chi connectivity index (χ0v) is 17.0. The zero-order valence-electron chi connectivity index (χ0n) is 17.0. The Morgan fingerprint density at radius 1 is 1.17 bits per heavy atom. The van der Waals surface area contributed by atoms with Crippen molar-refractivity contribution < 1.29 is 14.0 Å². The highest BCUT2D eigenvalue weighted by molar-refractivity contribution is 6.01. The van der Waals surface area contributed by atoms with Gasteiger partial charge in [-0.25, -0.2) is 4.39 Å². The normalized spacial score (nSPS) is 12.8. The van der Waals surface area contributed by atoms with E-state index in [0.717, 1.165) is 0 Å². The number of aromatic nitrogens is 4. The number of benzene rings is 2. The van der Waals surface area contributed by atoms with Crippen LogP contribution < -0.4 is 10.6 Å². The maximum Gasteiger partial charge on any atom is 0.251 e. The summed E-state index contributed by atoms with van der Waals surface area (Å²) in [4.78, 5) is 25.5. The lowest BCUT2D eigenvalue weighted by atomic mass is 9.97. The summed E-state index contributed by atoms with van der Waals surface area (Å²) < 4.78 is 15.5. The predicted octanol–water partition coefficient (Wildman–Crippen LogP) is 2.89. The molecule has 2 unspecified atom stereocenters. The van der Waals surface area contributed by atoms with E-state index in [-0.39, 0.29) is 23.4 Å². The number of hydrogen-bond donors (Lipinski definition) is 2. The first-order valence-corrected chi connectivity index (χ1v) is 9.62. The second kappa shape index (κ2) is 9.25. The molecule has 0 fully saturated rings. The van der Waals surface area contributed by atoms with Gasteiger partial charge in [-0.15, -0.1) is 5.10 Å². The van der Waals surface area contributed by atoms with Gasteiger partial charge in [0.1, 0.15) is 17.5 Å². The van der Waals surface area contributed by atoms with E-state index < -0.39 is 11.9 Å². The maximum absolute atomic E-state index is 14.3. The third kappa shape index (κ3) is 4.68. The van der Waals surface area contributed by atoms with Crippen LogP contribution in [0.1, 0.15) is 36.5 Å². The van der Waals surface area contributed by atoms with Crippen LogP contribution in [-0.2, 0) is 4.79 Å². The molecule has 156 valence electrons. The maximum atomic E-state index is 14.3. The number of aryl methyl sites for hydroxylation is 1. The van der Waals surface area contributed by atoms with Gasteiger partial charge in [-0.1, -0.05) is 38.5 Å². The Bertz CT molecular complexity index is 1040. The van der Waals surface area contributed by atoms with Crippen molar-refractivity contribution in [1.29, 1.82) is 0 Å². The Hall–Kier alpha value is -3.62. The number of nitrogens with zero attached hydrogens (tertiary/aromatic N) is 4. The van der Waals surface area contributed by atoms with Crippen molar-refractivity contribution in [1.82, 2.24) is 25.5 Å². The number of tetrazole rings is 1. The summed E-state index contributed by atoms with van der Waals surface area (Å²) in [7, 11) is 0. The minimum Gasteiger partial charge on any atom is -0.340 e. The van der Waals surface area contributed by atoms with Gasteiger partial charge in [0, 0.05) is 11.3 Å². The van der Waals surface area contributed by atoms with Crippen LogP contribution in [0.3, 0.4) is 0 Å².